The number of nitrogens with zero attached hydrogens (tertiary/aromatic N) is 4. The predicted molar refractivity (Wildman–Crippen MR) is 139 cm³/mol. The van der Waals surface area contributed by atoms with Crippen molar-refractivity contribution >= 4 is 5.91 Å². The molecule has 3 fully saturated rings. The molecule has 0 spiro atoms. The molecule has 3 aliphatic rings. The van der Waals surface area contributed by atoms with E-state index in [0.29, 0.717) is 17.9 Å². The van der Waals surface area contributed by atoms with Gasteiger partial charge in [0.2, 0.25) is 11.8 Å². The zero-order chi connectivity index (χ0) is 28.7. The number of alkyl halides is 2. The van der Waals surface area contributed by atoms with Crippen molar-refractivity contribution in [3.63, 3.8) is 0 Å². The molecular weight excluding hydrogens is 472 g/mol. The minimum atomic E-state index is -2.65. The third-order valence-corrected chi connectivity index (χ3v) is 8.79. The second-order valence-corrected chi connectivity index (χ2v) is 11.3. The first-order valence-corrected chi connectivity index (χ1v) is 13.8. The summed E-state index contributed by atoms with van der Waals surface area (Å²) in [6.45, 7) is 2.29. The third kappa shape index (κ3) is 5.74. The van der Waals surface area contributed by atoms with Crippen LogP contribution in [0.2, 0.25) is 0 Å². The van der Waals surface area contributed by atoms with Crippen molar-refractivity contribution in [2.75, 3.05) is 6.54 Å². The van der Waals surface area contributed by atoms with Crippen LogP contribution in [0.25, 0.3) is 0 Å². The number of fused-ring (bicyclic) bond motifs is 2. The van der Waals surface area contributed by atoms with Crippen molar-refractivity contribution in [2.24, 2.45) is 5.92 Å². The maximum Gasteiger partial charge on any atom is 0.248 e. The van der Waals surface area contributed by atoms with Crippen LogP contribution >= 0.6 is 0 Å². The summed E-state index contributed by atoms with van der Waals surface area (Å²) in [5, 5.41) is 11.7. The van der Waals surface area contributed by atoms with Crippen LogP contribution < -0.4 is 5.32 Å². The number of rotatable bonds is 8. The zero-order valence-corrected chi connectivity index (χ0v) is 21.9. The molecule has 1 aromatic carbocycles. The van der Waals surface area contributed by atoms with Gasteiger partial charge in [-0.3, -0.25) is 9.69 Å². The lowest BCUT2D eigenvalue weighted by Crippen LogP contribution is -2.45. The molecule has 4 atom stereocenters. The Kier molecular flexibility index (Phi) is 6.60. The van der Waals surface area contributed by atoms with Crippen LogP contribution in [0.5, 0.6) is 0 Å². The third-order valence-electron chi connectivity index (χ3n) is 8.79. The van der Waals surface area contributed by atoms with E-state index in [-0.39, 0.29) is 49.6 Å². The van der Waals surface area contributed by atoms with Gasteiger partial charge in [0, 0.05) is 53.5 Å². The monoisotopic (exact) mass is 516 g/mol. The summed E-state index contributed by atoms with van der Waals surface area (Å²) in [7, 11) is 0. The summed E-state index contributed by atoms with van der Waals surface area (Å²) in [6, 6.07) is 10.6. The number of carbonyl (C=O) groups is 1. The van der Waals surface area contributed by atoms with Crippen molar-refractivity contribution in [1.82, 2.24) is 25.0 Å². The van der Waals surface area contributed by atoms with E-state index in [1.807, 2.05) is 37.3 Å². The lowest BCUT2D eigenvalue weighted by molar-refractivity contribution is -0.130. The fraction of sp³-hybridized carbons (Fsp3) is 0.690. The van der Waals surface area contributed by atoms with Crippen LogP contribution in [-0.4, -0.2) is 50.1 Å². The average Bonchev–Trinajstić information content (AvgIpc) is 3.40. The van der Waals surface area contributed by atoms with E-state index >= 15 is 0 Å². The van der Waals surface area contributed by atoms with E-state index in [2.05, 4.69) is 25.0 Å². The second kappa shape index (κ2) is 10.8. The molecule has 1 amide bonds. The topological polar surface area (TPSA) is 63.1 Å². The van der Waals surface area contributed by atoms with E-state index in [4.69, 9.17) is 4.11 Å². The quantitative estimate of drug-likeness (QED) is 0.471. The molecule has 1 saturated carbocycles. The number of aryl methyl sites for hydroxylation is 1. The summed E-state index contributed by atoms with van der Waals surface area (Å²) in [6.07, 6.45) is 4.74. The van der Waals surface area contributed by atoms with Gasteiger partial charge in [-0.1, -0.05) is 44.1 Å². The summed E-state index contributed by atoms with van der Waals surface area (Å²) in [5.74, 6) is -2.52. The Bertz CT molecular complexity index is 1150. The Morgan fingerprint density at radius 1 is 1.11 bits per heavy atom. The van der Waals surface area contributed by atoms with Gasteiger partial charge in [-0.25, -0.2) is 8.78 Å². The molecule has 5 rings (SSSR count). The molecule has 3 heterocycles. The molecule has 1 aliphatic carbocycles. The molecule has 8 heteroatoms. The Morgan fingerprint density at radius 2 is 1.78 bits per heavy atom. The van der Waals surface area contributed by atoms with Crippen LogP contribution in [0.3, 0.4) is 0 Å². The van der Waals surface area contributed by atoms with Crippen LogP contribution in [-0.2, 0) is 4.79 Å². The number of benzene rings is 1. The Labute approximate surface area is 223 Å². The summed E-state index contributed by atoms with van der Waals surface area (Å²) in [5.41, 5.74) is 1.03. The Morgan fingerprint density at radius 3 is 2.43 bits per heavy atom. The van der Waals surface area contributed by atoms with Crippen LogP contribution in [0.1, 0.15) is 111 Å². The first-order chi connectivity index (χ1) is 18.9. The van der Waals surface area contributed by atoms with Crippen molar-refractivity contribution in [1.29, 1.82) is 0 Å². The van der Waals surface area contributed by atoms with Gasteiger partial charge >= 0.3 is 0 Å². The molecule has 202 valence electrons. The van der Waals surface area contributed by atoms with E-state index in [9.17, 15) is 13.6 Å². The fourth-order valence-electron chi connectivity index (χ4n) is 6.83. The maximum atomic E-state index is 13.7. The van der Waals surface area contributed by atoms with Gasteiger partial charge in [-0.2, -0.15) is 0 Å². The van der Waals surface area contributed by atoms with E-state index in [0.717, 1.165) is 50.0 Å². The lowest BCUT2D eigenvalue weighted by atomic mass is 9.86. The van der Waals surface area contributed by atoms with E-state index in [1.54, 1.807) is 6.92 Å². The summed E-state index contributed by atoms with van der Waals surface area (Å²) >= 11 is 0. The van der Waals surface area contributed by atoms with Crippen molar-refractivity contribution in [3.05, 3.63) is 47.5 Å². The predicted octanol–water partition coefficient (Wildman–Crippen LogP) is 5.95. The highest BCUT2D eigenvalue weighted by atomic mass is 19.3. The minimum Gasteiger partial charge on any atom is -0.349 e. The maximum absolute atomic E-state index is 13.7. The highest BCUT2D eigenvalue weighted by Gasteiger charge is 2.42. The number of halogens is 2. The largest absolute Gasteiger partial charge is 0.349 e. The van der Waals surface area contributed by atoms with Gasteiger partial charge in [0.25, 0.3) is 0 Å². The molecule has 1 N–H and O–H groups in total. The molecule has 6 nitrogen and oxygen atoms in total. The van der Waals surface area contributed by atoms with Crippen LogP contribution in [0.4, 0.5) is 8.78 Å². The molecule has 2 aromatic rings. The Balaban J connectivity index is 1.25. The van der Waals surface area contributed by atoms with E-state index < -0.39 is 18.7 Å². The van der Waals surface area contributed by atoms with Crippen molar-refractivity contribution in [2.45, 2.75) is 114 Å². The highest BCUT2D eigenvalue weighted by molar-refractivity contribution is 5.79. The number of nitrogens with one attached hydrogen (secondary N) is 1. The number of carbonyl (C=O) groups excluding carboxylic acids is 1. The first kappa shape index (κ1) is 22.6. The molecule has 1 aromatic heterocycles. The zero-order valence-electron chi connectivity index (χ0n) is 24.9. The fourth-order valence-corrected chi connectivity index (χ4v) is 6.83. The normalized spacial score (nSPS) is 29.2. The van der Waals surface area contributed by atoms with Gasteiger partial charge in [-0.15, -0.1) is 10.2 Å². The average molecular weight is 517 g/mol. The first-order valence-electron chi connectivity index (χ1n) is 15.3. The number of amides is 1. The molecule has 0 radical (unpaired) electrons. The Hall–Kier alpha value is -2.35. The number of piperidine rings is 1. The highest BCUT2D eigenvalue weighted by Crippen LogP contribution is 2.42. The number of hydrogen-bond acceptors (Lipinski definition) is 4. The van der Waals surface area contributed by atoms with Gasteiger partial charge in [0.1, 0.15) is 11.6 Å². The van der Waals surface area contributed by atoms with Crippen molar-refractivity contribution < 1.29 is 17.7 Å². The minimum absolute atomic E-state index is 0.120. The van der Waals surface area contributed by atoms with Crippen LogP contribution in [0.15, 0.2) is 30.3 Å². The van der Waals surface area contributed by atoms with Gasteiger partial charge in [-0.05, 0) is 57.4 Å². The number of aromatic nitrogens is 3. The standard InChI is InChI=1S/C29H41F2N5O/c1-19(2)27-34-33-20(3)36(27)25-17-23-9-10-24(18-25)35(23)16-13-26(21-7-5-4-6-8-21)32-28(37)22-11-14-29(30,31)15-12-22/h4-8,19,22-26H,9-18H2,1-3H3,(H,32,37)/i1D3. The summed E-state index contributed by atoms with van der Waals surface area (Å²) in [4.78, 5) is 15.7. The summed E-state index contributed by atoms with van der Waals surface area (Å²) < 4.78 is 53.1. The van der Waals surface area contributed by atoms with Gasteiger partial charge in [0.15, 0.2) is 0 Å². The SMILES string of the molecule is [2H]C([2H])([2H])C(C)c1nnc(C)n1C1CC2CCC(C1)N2CCC(NC(=O)C1CCC(F)(F)CC1)c1ccccc1. The van der Waals surface area contributed by atoms with E-state index in [1.165, 1.54) is 0 Å². The van der Waals surface area contributed by atoms with Gasteiger partial charge in [0.05, 0.1) is 6.04 Å². The second-order valence-electron chi connectivity index (χ2n) is 11.3. The number of hydrogen-bond donors (Lipinski definition) is 1. The van der Waals surface area contributed by atoms with Crippen molar-refractivity contribution in [3.8, 4) is 0 Å². The smallest absolute Gasteiger partial charge is 0.248 e. The lowest BCUT2D eigenvalue weighted by Gasteiger charge is -2.40. The molecule has 37 heavy (non-hydrogen) atoms. The molecule has 2 saturated heterocycles. The van der Waals surface area contributed by atoms with Gasteiger partial charge < -0.3 is 9.88 Å². The van der Waals surface area contributed by atoms with Crippen LogP contribution in [0, 0.1) is 12.8 Å². The molecular formula is C29H41F2N5O. The molecule has 2 aliphatic heterocycles. The molecule has 2 bridgehead atoms. The molecule has 4 unspecified atom stereocenters.